The van der Waals surface area contributed by atoms with Crippen LogP contribution in [0.3, 0.4) is 0 Å². The van der Waals surface area contributed by atoms with Gasteiger partial charge in [-0.3, -0.25) is 4.79 Å². The SMILES string of the molecule is COc1cccc(CC2(C(=O)NS(=O)(=O)Oc3c(C(C)C)cccc3C(C)C)CCN(c3ccccc3)CC2)c1. The van der Waals surface area contributed by atoms with Crippen LogP contribution in [-0.2, 0) is 21.5 Å². The molecule has 1 heterocycles. The number of hydrogen-bond acceptors (Lipinski definition) is 6. The van der Waals surface area contributed by atoms with Crippen LogP contribution in [0.25, 0.3) is 0 Å². The van der Waals surface area contributed by atoms with Crippen molar-refractivity contribution < 1.29 is 22.1 Å². The van der Waals surface area contributed by atoms with Gasteiger partial charge in [-0.25, -0.2) is 4.72 Å². The van der Waals surface area contributed by atoms with Gasteiger partial charge in [0.2, 0.25) is 5.91 Å². The van der Waals surface area contributed by atoms with Crippen LogP contribution in [0.5, 0.6) is 11.5 Å². The molecule has 1 saturated heterocycles. The molecule has 0 spiro atoms. The van der Waals surface area contributed by atoms with Crippen LogP contribution < -0.4 is 18.5 Å². The number of amides is 1. The van der Waals surface area contributed by atoms with Gasteiger partial charge in [0.1, 0.15) is 5.75 Å². The van der Waals surface area contributed by atoms with E-state index in [4.69, 9.17) is 8.92 Å². The van der Waals surface area contributed by atoms with Gasteiger partial charge in [0.15, 0.2) is 5.75 Å². The molecule has 40 heavy (non-hydrogen) atoms. The molecule has 0 aromatic heterocycles. The first-order valence-electron chi connectivity index (χ1n) is 13.9. The van der Waals surface area contributed by atoms with Crippen molar-refractivity contribution in [2.45, 2.75) is 58.8 Å². The molecule has 0 unspecified atom stereocenters. The van der Waals surface area contributed by atoms with Gasteiger partial charge in [-0.1, -0.05) is 76.2 Å². The Morgan fingerprint density at radius 2 is 1.50 bits per heavy atom. The van der Waals surface area contributed by atoms with E-state index in [1.165, 1.54) is 0 Å². The van der Waals surface area contributed by atoms with Gasteiger partial charge in [0, 0.05) is 18.8 Å². The lowest BCUT2D eigenvalue weighted by Gasteiger charge is -2.41. The summed E-state index contributed by atoms with van der Waals surface area (Å²) >= 11 is 0. The Bertz CT molecular complexity index is 1390. The molecule has 0 atom stereocenters. The van der Waals surface area contributed by atoms with E-state index in [9.17, 15) is 13.2 Å². The summed E-state index contributed by atoms with van der Waals surface area (Å²) in [5.41, 5.74) is 2.62. The fraction of sp³-hybridized carbons (Fsp3) is 0.406. The number of carbonyl (C=O) groups excluding carboxylic acids is 1. The second-order valence-electron chi connectivity index (χ2n) is 11.2. The predicted molar refractivity (Wildman–Crippen MR) is 159 cm³/mol. The Kier molecular flexibility index (Phi) is 9.08. The highest BCUT2D eigenvalue weighted by molar-refractivity contribution is 7.85. The highest BCUT2D eigenvalue weighted by atomic mass is 32.2. The monoisotopic (exact) mass is 564 g/mol. The van der Waals surface area contributed by atoms with Gasteiger partial charge in [-0.05, 0) is 72.1 Å². The molecule has 1 N–H and O–H groups in total. The average Bonchev–Trinajstić information content (AvgIpc) is 2.93. The summed E-state index contributed by atoms with van der Waals surface area (Å²) in [6, 6.07) is 23.3. The third kappa shape index (κ3) is 6.78. The van der Waals surface area contributed by atoms with Crippen molar-refractivity contribution in [3.63, 3.8) is 0 Å². The van der Waals surface area contributed by atoms with E-state index in [0.29, 0.717) is 43.9 Å². The van der Waals surface area contributed by atoms with Crippen LogP contribution in [0.15, 0.2) is 72.8 Å². The number of anilines is 1. The van der Waals surface area contributed by atoms with Crippen molar-refractivity contribution in [3.8, 4) is 11.5 Å². The Hall–Kier alpha value is -3.52. The number of piperidine rings is 1. The number of hydrogen-bond donors (Lipinski definition) is 1. The van der Waals surface area contributed by atoms with Gasteiger partial charge in [0.05, 0.1) is 12.5 Å². The van der Waals surface area contributed by atoms with Crippen molar-refractivity contribution in [3.05, 3.63) is 89.5 Å². The van der Waals surface area contributed by atoms with E-state index in [1.807, 2.05) is 100 Å². The number of nitrogens with zero attached hydrogens (tertiary/aromatic N) is 1. The summed E-state index contributed by atoms with van der Waals surface area (Å²) in [7, 11) is -2.84. The Balaban J connectivity index is 1.62. The van der Waals surface area contributed by atoms with Crippen molar-refractivity contribution in [1.29, 1.82) is 0 Å². The molecule has 1 amide bonds. The zero-order valence-corrected chi connectivity index (χ0v) is 24.8. The number of benzene rings is 3. The fourth-order valence-corrected chi connectivity index (χ4v) is 6.32. The van der Waals surface area contributed by atoms with E-state index in [0.717, 1.165) is 22.4 Å². The molecular formula is C32H40N2O5S. The first kappa shape index (κ1) is 29.5. The number of rotatable bonds is 10. The van der Waals surface area contributed by atoms with Crippen LogP contribution in [-0.4, -0.2) is 34.5 Å². The summed E-state index contributed by atoms with van der Waals surface area (Å²) in [6.45, 7) is 9.19. The van der Waals surface area contributed by atoms with Crippen LogP contribution in [0.2, 0.25) is 0 Å². The number of carbonyl (C=O) groups is 1. The molecular weight excluding hydrogens is 524 g/mol. The number of ether oxygens (including phenoxy) is 1. The molecule has 1 aliphatic heterocycles. The highest BCUT2D eigenvalue weighted by Crippen LogP contribution is 2.39. The van der Waals surface area contributed by atoms with Crippen LogP contribution in [0.4, 0.5) is 5.69 Å². The molecule has 0 radical (unpaired) electrons. The maximum atomic E-state index is 13.9. The molecule has 214 valence electrons. The second kappa shape index (κ2) is 12.3. The molecule has 0 aliphatic carbocycles. The van der Waals surface area contributed by atoms with E-state index >= 15 is 0 Å². The molecule has 0 saturated carbocycles. The lowest BCUT2D eigenvalue weighted by atomic mass is 9.73. The van der Waals surface area contributed by atoms with Gasteiger partial charge < -0.3 is 13.8 Å². The zero-order chi connectivity index (χ0) is 28.9. The van der Waals surface area contributed by atoms with Gasteiger partial charge >= 0.3 is 10.3 Å². The molecule has 7 nitrogen and oxygen atoms in total. The second-order valence-corrected chi connectivity index (χ2v) is 12.5. The predicted octanol–water partition coefficient (Wildman–Crippen LogP) is 6.21. The first-order valence-corrected chi connectivity index (χ1v) is 15.3. The molecule has 8 heteroatoms. The van der Waals surface area contributed by atoms with Crippen molar-refractivity contribution in [1.82, 2.24) is 4.72 Å². The topological polar surface area (TPSA) is 84.9 Å². The van der Waals surface area contributed by atoms with E-state index in [2.05, 4.69) is 9.62 Å². The maximum absolute atomic E-state index is 13.9. The van der Waals surface area contributed by atoms with Gasteiger partial charge in [0.25, 0.3) is 0 Å². The van der Waals surface area contributed by atoms with E-state index < -0.39 is 21.6 Å². The lowest BCUT2D eigenvalue weighted by molar-refractivity contribution is -0.130. The van der Waals surface area contributed by atoms with Gasteiger partial charge in [-0.15, -0.1) is 0 Å². The molecule has 1 aliphatic rings. The molecule has 0 bridgehead atoms. The van der Waals surface area contributed by atoms with E-state index in [1.54, 1.807) is 7.11 Å². The van der Waals surface area contributed by atoms with Crippen LogP contribution >= 0.6 is 0 Å². The summed E-state index contributed by atoms with van der Waals surface area (Å²) in [4.78, 5) is 16.2. The van der Waals surface area contributed by atoms with E-state index in [-0.39, 0.29) is 11.8 Å². The Morgan fingerprint density at radius 3 is 2.08 bits per heavy atom. The Labute approximate surface area is 238 Å². The summed E-state index contributed by atoms with van der Waals surface area (Å²) in [6.07, 6.45) is 1.36. The standard InChI is InChI=1S/C32H40N2O5S/c1-23(2)28-15-10-16-29(24(3)4)30(28)39-40(36,37)33-31(35)32(22-25-11-9-14-27(21-25)38-5)17-19-34(20-18-32)26-12-7-6-8-13-26/h6-16,21,23-24H,17-20,22H2,1-5H3,(H,33,35). The number of nitrogens with one attached hydrogen (secondary N) is 1. The van der Waals surface area contributed by atoms with Crippen molar-refractivity contribution in [2.75, 3.05) is 25.1 Å². The average molecular weight is 565 g/mol. The van der Waals surface area contributed by atoms with Gasteiger partial charge in [-0.2, -0.15) is 8.42 Å². The third-order valence-electron chi connectivity index (χ3n) is 7.73. The molecule has 3 aromatic rings. The van der Waals surface area contributed by atoms with Crippen molar-refractivity contribution in [2.24, 2.45) is 5.41 Å². The van der Waals surface area contributed by atoms with Crippen LogP contribution in [0, 0.1) is 5.41 Å². The smallest absolute Gasteiger partial charge is 0.409 e. The largest absolute Gasteiger partial charge is 0.497 e. The van der Waals surface area contributed by atoms with Crippen molar-refractivity contribution >= 4 is 21.9 Å². The molecule has 3 aromatic carbocycles. The minimum Gasteiger partial charge on any atom is -0.497 e. The Morgan fingerprint density at radius 1 is 0.900 bits per heavy atom. The molecule has 1 fully saturated rings. The first-order chi connectivity index (χ1) is 19.0. The molecule has 4 rings (SSSR count). The number of para-hydroxylation sites is 2. The lowest BCUT2D eigenvalue weighted by Crippen LogP contribution is -2.52. The summed E-state index contributed by atoms with van der Waals surface area (Å²) < 4.78 is 40.2. The summed E-state index contributed by atoms with van der Waals surface area (Å²) in [5, 5.41) is 0. The maximum Gasteiger partial charge on any atom is 0.409 e. The minimum atomic E-state index is -4.44. The summed E-state index contributed by atoms with van der Waals surface area (Å²) in [5.74, 6) is 0.532. The third-order valence-corrected chi connectivity index (χ3v) is 8.55. The fourth-order valence-electron chi connectivity index (χ4n) is 5.42. The highest BCUT2D eigenvalue weighted by Gasteiger charge is 2.43. The zero-order valence-electron chi connectivity index (χ0n) is 24.0. The number of methoxy groups -OCH3 is 1. The minimum absolute atomic E-state index is 0.0429. The van der Waals surface area contributed by atoms with Crippen LogP contribution in [0.1, 0.15) is 69.1 Å². The normalized spacial score (nSPS) is 15.2. The quantitative estimate of drug-likeness (QED) is 0.315.